The van der Waals surface area contributed by atoms with Gasteiger partial charge in [-0.05, 0) is 54.2 Å². The summed E-state index contributed by atoms with van der Waals surface area (Å²) < 4.78 is 8.32. The quantitative estimate of drug-likeness (QED) is 0.491. The third kappa shape index (κ3) is 3.27. The highest BCUT2D eigenvalue weighted by Gasteiger charge is 2.38. The van der Waals surface area contributed by atoms with Crippen LogP contribution in [0.1, 0.15) is 29.0 Å². The van der Waals surface area contributed by atoms with Crippen molar-refractivity contribution in [3.63, 3.8) is 0 Å². The highest BCUT2D eigenvalue weighted by molar-refractivity contribution is 7.25. The Morgan fingerprint density at radius 1 is 1.21 bits per heavy atom. The maximum Gasteiger partial charge on any atom is 0.328 e. The smallest absolute Gasteiger partial charge is 0.328 e. The minimum atomic E-state index is -0.397. The Morgan fingerprint density at radius 2 is 2.09 bits per heavy atom. The molecule has 34 heavy (non-hydrogen) atoms. The first-order valence-electron chi connectivity index (χ1n) is 11.5. The van der Waals surface area contributed by atoms with E-state index in [0.717, 1.165) is 41.8 Å². The van der Waals surface area contributed by atoms with Crippen LogP contribution in [-0.4, -0.2) is 41.2 Å². The summed E-state index contributed by atoms with van der Waals surface area (Å²) in [4.78, 5) is 31.4. The summed E-state index contributed by atoms with van der Waals surface area (Å²) in [6.07, 6.45) is 2.16. The van der Waals surface area contributed by atoms with Gasteiger partial charge in [-0.2, -0.15) is 5.26 Å². The minimum absolute atomic E-state index is 0.259. The molecule has 0 bridgehead atoms. The van der Waals surface area contributed by atoms with Gasteiger partial charge in [-0.15, -0.1) is 11.3 Å². The largest absolute Gasteiger partial charge is 0.496 e. The van der Waals surface area contributed by atoms with E-state index >= 15 is 0 Å². The molecule has 7 nitrogen and oxygen atoms in total. The van der Waals surface area contributed by atoms with Crippen molar-refractivity contribution >= 4 is 31.6 Å². The van der Waals surface area contributed by atoms with Crippen LogP contribution in [0.2, 0.25) is 0 Å². The highest BCUT2D eigenvalue weighted by Crippen LogP contribution is 2.44. The van der Waals surface area contributed by atoms with Crippen LogP contribution in [0.4, 0.5) is 0 Å². The lowest BCUT2D eigenvalue weighted by Crippen LogP contribution is -2.38. The Labute approximate surface area is 199 Å². The monoisotopic (exact) mass is 472 g/mol. The van der Waals surface area contributed by atoms with Crippen LogP contribution in [0.25, 0.3) is 20.3 Å². The zero-order valence-corrected chi connectivity index (χ0v) is 19.7. The minimum Gasteiger partial charge on any atom is -0.496 e. The summed E-state index contributed by atoms with van der Waals surface area (Å²) in [5.41, 5.74) is 3.09. The van der Waals surface area contributed by atoms with E-state index in [9.17, 15) is 14.9 Å². The topological polar surface area (TPSA) is 91.1 Å². The predicted molar refractivity (Wildman–Crippen MR) is 133 cm³/mol. The molecular formula is C26H24N4O3S. The van der Waals surface area contributed by atoms with Gasteiger partial charge in [0.05, 0.1) is 24.3 Å². The van der Waals surface area contributed by atoms with Crippen LogP contribution in [-0.2, 0) is 13.0 Å². The van der Waals surface area contributed by atoms with Crippen LogP contribution in [0.3, 0.4) is 0 Å². The van der Waals surface area contributed by atoms with E-state index in [2.05, 4.69) is 28.1 Å². The number of nitrogens with one attached hydrogen (secondary N) is 1. The fraction of sp³-hybridized carbons (Fsp3) is 0.346. The van der Waals surface area contributed by atoms with Gasteiger partial charge in [-0.3, -0.25) is 9.36 Å². The molecule has 3 heterocycles. The number of hydrogen-bond acceptors (Lipinski definition) is 6. The Hall–Kier alpha value is -3.41. The third-order valence-corrected chi connectivity index (χ3v) is 8.60. The standard InChI is InChI=1S/C26H24N4O3S/c1-33-21-4-2-3-17-18(21)7-6-16-13-29(14-20(16)17)9-10-30-25(31)24-23(28-26(30)32)19-11-15(12-27)5-8-22(19)34-24/h2-5,8,11,16,20H,6-7,9-10,13-14H2,1H3,(H,28,32)/t16-,20+/m0/s1. The number of methoxy groups -OCH3 is 1. The maximum absolute atomic E-state index is 13.2. The van der Waals surface area contributed by atoms with Gasteiger partial charge in [0.15, 0.2) is 0 Å². The zero-order valence-electron chi connectivity index (χ0n) is 18.8. The SMILES string of the molecule is COc1cccc2c1CC[C@H]1CN(CCn3c(=O)[nH]c4c(sc5ccc(C#N)cc54)c3=O)C[C@@H]21. The van der Waals surface area contributed by atoms with Crippen molar-refractivity contribution in [1.29, 1.82) is 5.26 Å². The van der Waals surface area contributed by atoms with Gasteiger partial charge in [-0.1, -0.05) is 12.1 Å². The van der Waals surface area contributed by atoms with Crippen molar-refractivity contribution in [2.75, 3.05) is 26.7 Å². The number of thiophene rings is 1. The Bertz CT molecular complexity index is 1590. The van der Waals surface area contributed by atoms with Crippen LogP contribution < -0.4 is 16.0 Å². The number of ether oxygens (including phenoxy) is 1. The van der Waals surface area contributed by atoms with Crippen molar-refractivity contribution in [3.8, 4) is 11.8 Å². The van der Waals surface area contributed by atoms with Gasteiger partial charge in [0.1, 0.15) is 10.4 Å². The Kier molecular flexibility index (Phi) is 5.05. The van der Waals surface area contributed by atoms with E-state index in [-0.39, 0.29) is 5.56 Å². The molecule has 172 valence electrons. The van der Waals surface area contributed by atoms with E-state index in [1.54, 1.807) is 19.2 Å². The number of benzene rings is 2. The summed E-state index contributed by atoms with van der Waals surface area (Å²) in [6, 6.07) is 13.7. The van der Waals surface area contributed by atoms with Crippen molar-refractivity contribution in [2.24, 2.45) is 5.92 Å². The summed E-state index contributed by atoms with van der Waals surface area (Å²) >= 11 is 1.36. The first-order chi connectivity index (χ1) is 16.6. The summed E-state index contributed by atoms with van der Waals surface area (Å²) in [5.74, 6) is 2.04. The molecule has 0 unspecified atom stereocenters. The lowest BCUT2D eigenvalue weighted by molar-refractivity contribution is 0.303. The molecule has 1 fully saturated rings. The molecule has 1 N–H and O–H groups in total. The summed E-state index contributed by atoms with van der Waals surface area (Å²) in [6.45, 7) is 2.92. The molecule has 1 aliphatic heterocycles. The second-order valence-corrected chi connectivity index (χ2v) is 10.3. The fourth-order valence-electron chi connectivity index (χ4n) is 5.78. The lowest BCUT2D eigenvalue weighted by Gasteiger charge is -2.28. The maximum atomic E-state index is 13.2. The number of nitriles is 1. The van der Waals surface area contributed by atoms with Crippen LogP contribution >= 0.6 is 11.3 Å². The van der Waals surface area contributed by atoms with Crippen molar-refractivity contribution < 1.29 is 4.74 Å². The number of rotatable bonds is 4. The molecule has 2 aliphatic rings. The second-order valence-electron chi connectivity index (χ2n) is 9.21. The molecule has 1 saturated heterocycles. The fourth-order valence-corrected chi connectivity index (χ4v) is 6.87. The molecule has 2 aromatic carbocycles. The first kappa shape index (κ1) is 21.1. The van der Waals surface area contributed by atoms with Crippen LogP contribution in [0.15, 0.2) is 46.0 Å². The number of hydrogen-bond donors (Lipinski definition) is 1. The first-order valence-corrected chi connectivity index (χ1v) is 12.4. The molecule has 0 spiro atoms. The zero-order chi connectivity index (χ0) is 23.4. The number of fused-ring (bicyclic) bond motifs is 6. The number of aromatic amines is 1. The highest BCUT2D eigenvalue weighted by atomic mass is 32.1. The second kappa shape index (κ2) is 8.12. The molecule has 6 rings (SSSR count). The lowest BCUT2D eigenvalue weighted by atomic mass is 9.77. The van der Waals surface area contributed by atoms with Crippen LogP contribution in [0.5, 0.6) is 5.75 Å². The van der Waals surface area contributed by atoms with Crippen molar-refractivity contribution in [1.82, 2.24) is 14.5 Å². The predicted octanol–water partition coefficient (Wildman–Crippen LogP) is 3.45. The molecule has 2 atom stereocenters. The molecule has 0 saturated carbocycles. The molecule has 1 aliphatic carbocycles. The molecule has 0 radical (unpaired) electrons. The number of aromatic nitrogens is 2. The van der Waals surface area contributed by atoms with E-state index in [1.807, 2.05) is 12.1 Å². The van der Waals surface area contributed by atoms with E-state index in [4.69, 9.17) is 4.74 Å². The van der Waals surface area contributed by atoms with E-state index < -0.39 is 5.69 Å². The van der Waals surface area contributed by atoms with Crippen LogP contribution in [0, 0.1) is 17.2 Å². The van der Waals surface area contributed by atoms with Gasteiger partial charge >= 0.3 is 5.69 Å². The van der Waals surface area contributed by atoms with E-state index in [1.165, 1.54) is 27.0 Å². The van der Waals surface area contributed by atoms with Gasteiger partial charge in [-0.25, -0.2) is 4.79 Å². The average Bonchev–Trinajstić information content (AvgIpc) is 3.44. The van der Waals surface area contributed by atoms with Gasteiger partial charge < -0.3 is 14.6 Å². The number of nitrogens with zero attached hydrogens (tertiary/aromatic N) is 3. The Balaban J connectivity index is 1.26. The van der Waals surface area contributed by atoms with Crippen molar-refractivity contribution in [3.05, 3.63) is 73.9 Å². The number of H-pyrrole nitrogens is 1. The number of likely N-dealkylation sites (tertiary alicyclic amines) is 1. The van der Waals surface area contributed by atoms with Crippen molar-refractivity contribution in [2.45, 2.75) is 25.3 Å². The Morgan fingerprint density at radius 3 is 2.91 bits per heavy atom. The van der Waals surface area contributed by atoms with Gasteiger partial charge in [0, 0.05) is 42.2 Å². The molecule has 0 amide bonds. The normalized spacial score (nSPS) is 19.8. The molecular weight excluding hydrogens is 448 g/mol. The van der Waals surface area contributed by atoms with Gasteiger partial charge in [0.2, 0.25) is 0 Å². The molecule has 2 aromatic heterocycles. The molecule has 4 aromatic rings. The summed E-state index contributed by atoms with van der Waals surface area (Å²) in [5, 5.41) is 9.94. The van der Waals surface area contributed by atoms with Gasteiger partial charge in [0.25, 0.3) is 5.56 Å². The van der Waals surface area contributed by atoms with E-state index in [0.29, 0.717) is 40.7 Å². The molecule has 8 heteroatoms. The average molecular weight is 473 g/mol. The third-order valence-electron chi connectivity index (χ3n) is 7.44. The summed E-state index contributed by atoms with van der Waals surface area (Å²) in [7, 11) is 1.73.